The molecule has 1 atom stereocenters. The molecule has 0 fully saturated rings. The van der Waals surface area contributed by atoms with Crippen molar-refractivity contribution in [3.05, 3.63) is 34.1 Å². The van der Waals surface area contributed by atoms with E-state index in [0.717, 1.165) is 17.3 Å². The van der Waals surface area contributed by atoms with Gasteiger partial charge < -0.3 is 10.6 Å². The van der Waals surface area contributed by atoms with Gasteiger partial charge in [-0.25, -0.2) is 4.39 Å². The van der Waals surface area contributed by atoms with E-state index < -0.39 is 0 Å². The SMILES string of the molecule is CCC(CC)(C(N)Cc1cc(Br)ccc1F)N(C)C. The average Bonchev–Trinajstić information content (AvgIpc) is 2.35. The van der Waals surface area contributed by atoms with Crippen LogP contribution in [0, 0.1) is 5.82 Å². The lowest BCUT2D eigenvalue weighted by atomic mass is 9.80. The Morgan fingerprint density at radius 3 is 2.37 bits per heavy atom. The molecule has 0 spiro atoms. The average molecular weight is 331 g/mol. The van der Waals surface area contributed by atoms with Crippen LogP contribution in [-0.4, -0.2) is 30.6 Å². The monoisotopic (exact) mass is 330 g/mol. The number of hydrogen-bond acceptors (Lipinski definition) is 2. The van der Waals surface area contributed by atoms with Crippen molar-refractivity contribution in [2.24, 2.45) is 5.73 Å². The second kappa shape index (κ2) is 6.82. The number of halogens is 2. The fraction of sp³-hybridized carbons (Fsp3) is 0.600. The van der Waals surface area contributed by atoms with Gasteiger partial charge in [0.15, 0.2) is 0 Å². The lowest BCUT2D eigenvalue weighted by Crippen LogP contribution is -2.57. The number of benzene rings is 1. The first-order valence-corrected chi connectivity index (χ1v) is 7.53. The Bertz CT molecular complexity index is 417. The zero-order valence-corrected chi connectivity index (χ0v) is 13.8. The molecular weight excluding hydrogens is 307 g/mol. The van der Waals surface area contributed by atoms with Crippen molar-refractivity contribution < 1.29 is 4.39 Å². The Kier molecular flexibility index (Phi) is 5.96. The van der Waals surface area contributed by atoms with E-state index in [1.54, 1.807) is 6.07 Å². The van der Waals surface area contributed by atoms with Crippen LogP contribution in [0.1, 0.15) is 32.3 Å². The maximum absolute atomic E-state index is 13.8. The molecule has 19 heavy (non-hydrogen) atoms. The second-order valence-electron chi connectivity index (χ2n) is 5.25. The zero-order chi connectivity index (χ0) is 14.6. The molecule has 0 saturated heterocycles. The Hall–Kier alpha value is -0.450. The van der Waals surface area contributed by atoms with Gasteiger partial charge in [0.05, 0.1) is 0 Å². The molecule has 2 nitrogen and oxygen atoms in total. The number of likely N-dealkylation sites (N-methyl/N-ethyl adjacent to an activating group) is 1. The molecule has 0 heterocycles. The summed E-state index contributed by atoms with van der Waals surface area (Å²) >= 11 is 3.38. The molecule has 0 aliphatic rings. The number of nitrogens with zero attached hydrogens (tertiary/aromatic N) is 1. The summed E-state index contributed by atoms with van der Waals surface area (Å²) in [5, 5.41) is 0. The van der Waals surface area contributed by atoms with E-state index in [9.17, 15) is 4.39 Å². The van der Waals surface area contributed by atoms with E-state index in [2.05, 4.69) is 34.7 Å². The van der Waals surface area contributed by atoms with Crippen molar-refractivity contribution in [3.8, 4) is 0 Å². The molecule has 0 aromatic heterocycles. The largest absolute Gasteiger partial charge is 0.326 e. The predicted octanol–water partition coefficient (Wildman–Crippen LogP) is 3.58. The summed E-state index contributed by atoms with van der Waals surface area (Å²) in [7, 11) is 4.09. The number of nitrogens with two attached hydrogens (primary N) is 1. The Morgan fingerprint density at radius 2 is 1.89 bits per heavy atom. The highest BCUT2D eigenvalue weighted by molar-refractivity contribution is 9.10. The van der Waals surface area contributed by atoms with Crippen LogP contribution in [0.15, 0.2) is 22.7 Å². The minimum Gasteiger partial charge on any atom is -0.326 e. The van der Waals surface area contributed by atoms with Gasteiger partial charge in [-0.2, -0.15) is 0 Å². The second-order valence-corrected chi connectivity index (χ2v) is 6.17. The van der Waals surface area contributed by atoms with Crippen LogP contribution in [-0.2, 0) is 6.42 Å². The van der Waals surface area contributed by atoms with E-state index in [1.807, 2.05) is 20.2 Å². The van der Waals surface area contributed by atoms with Crippen LogP contribution >= 0.6 is 15.9 Å². The predicted molar refractivity (Wildman–Crippen MR) is 82.8 cm³/mol. The van der Waals surface area contributed by atoms with Gasteiger partial charge in [0, 0.05) is 16.1 Å². The standard InChI is InChI=1S/C15H24BrFN2/c1-5-15(6-2,19(3)4)14(18)10-11-9-12(16)7-8-13(11)17/h7-9,14H,5-6,10,18H2,1-4H3. The summed E-state index contributed by atoms with van der Waals surface area (Å²) in [5.41, 5.74) is 6.99. The van der Waals surface area contributed by atoms with Gasteiger partial charge in [0.1, 0.15) is 5.82 Å². The third-order valence-electron chi connectivity index (χ3n) is 4.25. The van der Waals surface area contributed by atoms with E-state index >= 15 is 0 Å². The highest BCUT2D eigenvalue weighted by Crippen LogP contribution is 2.28. The summed E-state index contributed by atoms with van der Waals surface area (Å²) in [6.45, 7) is 4.28. The van der Waals surface area contributed by atoms with Crippen molar-refractivity contribution >= 4 is 15.9 Å². The minimum absolute atomic E-state index is 0.0885. The molecule has 0 bridgehead atoms. The zero-order valence-electron chi connectivity index (χ0n) is 12.2. The van der Waals surface area contributed by atoms with Gasteiger partial charge in [-0.1, -0.05) is 29.8 Å². The third-order valence-corrected chi connectivity index (χ3v) is 4.75. The van der Waals surface area contributed by atoms with Gasteiger partial charge in [-0.15, -0.1) is 0 Å². The fourth-order valence-corrected chi connectivity index (χ4v) is 3.27. The Labute approximate surface area is 124 Å². The summed E-state index contributed by atoms with van der Waals surface area (Å²) in [6.07, 6.45) is 2.45. The third kappa shape index (κ3) is 3.56. The number of rotatable bonds is 6. The molecule has 0 radical (unpaired) electrons. The van der Waals surface area contributed by atoms with Gasteiger partial charge in [0.25, 0.3) is 0 Å². The van der Waals surface area contributed by atoms with E-state index in [-0.39, 0.29) is 17.4 Å². The molecule has 4 heteroatoms. The van der Waals surface area contributed by atoms with E-state index in [1.165, 1.54) is 6.07 Å². The maximum Gasteiger partial charge on any atom is 0.126 e. The molecule has 0 saturated carbocycles. The first-order chi connectivity index (χ1) is 8.87. The van der Waals surface area contributed by atoms with Crippen molar-refractivity contribution in [2.75, 3.05) is 14.1 Å². The Balaban J connectivity index is 2.99. The highest BCUT2D eigenvalue weighted by Gasteiger charge is 2.35. The molecule has 1 aromatic rings. The van der Waals surface area contributed by atoms with Crippen LogP contribution in [0.3, 0.4) is 0 Å². The van der Waals surface area contributed by atoms with Gasteiger partial charge in [-0.05, 0) is 57.1 Å². The molecule has 0 amide bonds. The van der Waals surface area contributed by atoms with Gasteiger partial charge in [-0.3, -0.25) is 0 Å². The van der Waals surface area contributed by atoms with Gasteiger partial charge in [0.2, 0.25) is 0 Å². The van der Waals surface area contributed by atoms with Crippen molar-refractivity contribution in [1.82, 2.24) is 4.90 Å². The molecule has 0 aliphatic heterocycles. The van der Waals surface area contributed by atoms with Crippen molar-refractivity contribution in [1.29, 1.82) is 0 Å². The van der Waals surface area contributed by atoms with Crippen LogP contribution in [0.2, 0.25) is 0 Å². The first-order valence-electron chi connectivity index (χ1n) is 6.74. The quantitative estimate of drug-likeness (QED) is 0.863. The molecule has 1 unspecified atom stereocenters. The lowest BCUT2D eigenvalue weighted by Gasteiger charge is -2.43. The van der Waals surface area contributed by atoms with Crippen LogP contribution < -0.4 is 5.73 Å². The highest BCUT2D eigenvalue weighted by atomic mass is 79.9. The van der Waals surface area contributed by atoms with Crippen molar-refractivity contribution in [3.63, 3.8) is 0 Å². The minimum atomic E-state index is -0.182. The fourth-order valence-electron chi connectivity index (χ4n) is 2.87. The summed E-state index contributed by atoms with van der Waals surface area (Å²) in [5.74, 6) is -0.182. The smallest absolute Gasteiger partial charge is 0.126 e. The molecular formula is C15H24BrFN2. The van der Waals surface area contributed by atoms with Crippen LogP contribution in [0.5, 0.6) is 0 Å². The summed E-state index contributed by atoms with van der Waals surface area (Å²) < 4.78 is 14.7. The topological polar surface area (TPSA) is 29.3 Å². The summed E-state index contributed by atoms with van der Waals surface area (Å²) in [6, 6.07) is 4.92. The molecule has 2 N–H and O–H groups in total. The van der Waals surface area contributed by atoms with Crippen LogP contribution in [0.4, 0.5) is 4.39 Å². The molecule has 1 rings (SSSR count). The van der Waals surface area contributed by atoms with Crippen molar-refractivity contribution in [2.45, 2.75) is 44.7 Å². The Morgan fingerprint density at radius 1 is 1.32 bits per heavy atom. The first kappa shape index (κ1) is 16.6. The lowest BCUT2D eigenvalue weighted by molar-refractivity contribution is 0.105. The maximum atomic E-state index is 13.8. The summed E-state index contributed by atoms with van der Waals surface area (Å²) in [4.78, 5) is 2.17. The van der Waals surface area contributed by atoms with E-state index in [0.29, 0.717) is 12.0 Å². The van der Waals surface area contributed by atoms with Crippen LogP contribution in [0.25, 0.3) is 0 Å². The van der Waals surface area contributed by atoms with Gasteiger partial charge >= 0.3 is 0 Å². The van der Waals surface area contributed by atoms with E-state index in [4.69, 9.17) is 5.73 Å². The molecule has 1 aromatic carbocycles. The molecule has 108 valence electrons. The molecule has 0 aliphatic carbocycles. The normalized spacial score (nSPS) is 13.9. The number of hydrogen-bond donors (Lipinski definition) is 1.